The van der Waals surface area contributed by atoms with Crippen LogP contribution in [0.2, 0.25) is 0 Å². The molecule has 0 saturated carbocycles. The summed E-state index contributed by atoms with van der Waals surface area (Å²) in [6, 6.07) is 12.7. The number of hydrogen-bond acceptors (Lipinski definition) is 6. The van der Waals surface area contributed by atoms with Gasteiger partial charge in [-0.15, -0.1) is 0 Å². The number of carbonyl (C=O) groups is 1. The fraction of sp³-hybridized carbons (Fsp3) is 0.296. The number of phenolic OH excluding ortho intramolecular Hbond substituents is 1. The molecule has 0 spiro atoms. The Morgan fingerprint density at radius 1 is 0.721 bits per heavy atom. The van der Waals surface area contributed by atoms with E-state index < -0.39 is 0 Å². The second kappa shape index (κ2) is 33.2. The van der Waals surface area contributed by atoms with E-state index in [1.54, 1.807) is 12.1 Å². The van der Waals surface area contributed by atoms with Gasteiger partial charge in [0.25, 0.3) is 6.47 Å². The van der Waals surface area contributed by atoms with Gasteiger partial charge >= 0.3 is 103 Å². The first kappa shape index (κ1) is 50.1. The summed E-state index contributed by atoms with van der Waals surface area (Å²) in [6.07, 6.45) is 4.22. The molecule has 0 unspecified atom stereocenters. The molecular formula is C27H28Br2F3I3K2O6. The topological polar surface area (TPSA) is 88.1 Å². The first-order valence-corrected chi connectivity index (χ1v) is 17.2. The van der Waals surface area contributed by atoms with Crippen molar-refractivity contribution in [2.45, 2.75) is 25.7 Å². The standard InChI is InChI=1S/C16H14F2I2O2.C6H4FIO.C4H8Br2.CH2O3.2K.H/c17-11-3-5-15(13(19)9-11)21-7-1-2-8-22-16-6-4-12(18)10-14(16)20;7-4-1-2-6(9)5(8)3-4;5-3-1-2-4-6;2-1-4-3;;;/h3-6,9-10H,1-2,7-8H2;1-3,9H;1-4H2;1,3H;;;/q;;;;2*+1;-1/p-1. The third-order valence-electron chi connectivity index (χ3n) is 4.31. The number of alkyl halides is 2. The first-order chi connectivity index (χ1) is 19.6. The zero-order valence-electron chi connectivity index (χ0n) is 24.4. The normalized spacial score (nSPS) is 9.14. The van der Waals surface area contributed by atoms with Crippen molar-refractivity contribution in [3.05, 3.63) is 82.8 Å². The van der Waals surface area contributed by atoms with Gasteiger partial charge in [0.05, 0.1) is 23.9 Å². The number of aromatic hydroxyl groups is 1. The van der Waals surface area contributed by atoms with Gasteiger partial charge in [0.2, 0.25) is 0 Å². The number of carbonyl (C=O) groups excluding carboxylic acids is 1. The summed E-state index contributed by atoms with van der Waals surface area (Å²) in [5, 5.41) is 19.6. The zero-order valence-corrected chi connectivity index (χ0v) is 39.3. The molecule has 16 heteroatoms. The molecule has 0 aliphatic carbocycles. The molecule has 0 aromatic heterocycles. The van der Waals surface area contributed by atoms with Crippen LogP contribution in [-0.4, -0.2) is 35.5 Å². The Morgan fingerprint density at radius 3 is 1.35 bits per heavy atom. The number of ether oxygens (including phenoxy) is 2. The molecule has 1 N–H and O–H groups in total. The summed E-state index contributed by atoms with van der Waals surface area (Å²) >= 11 is 12.6. The minimum Gasteiger partial charge on any atom is -1.00 e. The van der Waals surface area contributed by atoms with Crippen molar-refractivity contribution in [2.75, 3.05) is 23.9 Å². The van der Waals surface area contributed by atoms with E-state index in [0.29, 0.717) is 28.3 Å². The Labute approximate surface area is 394 Å². The second-order valence-corrected chi connectivity index (χ2v) is 12.5. The maximum absolute atomic E-state index is 13.0. The van der Waals surface area contributed by atoms with Crippen LogP contribution in [0.3, 0.4) is 0 Å². The SMILES string of the molecule is BrCCCCBr.Fc1ccc(OCCCCOc2ccc(F)cc2I)c(I)c1.O=CO[O-].Oc1ccc(F)cc1I.[H-].[K+].[K+]. The number of phenols is 1. The maximum Gasteiger partial charge on any atom is 1.00 e. The van der Waals surface area contributed by atoms with Crippen LogP contribution < -0.4 is 118 Å². The number of unbranched alkanes of at least 4 members (excludes halogenated alkanes) is 2. The zero-order chi connectivity index (χ0) is 31.0. The van der Waals surface area contributed by atoms with Gasteiger partial charge in [-0.25, -0.2) is 13.2 Å². The van der Waals surface area contributed by atoms with E-state index in [0.717, 1.165) is 30.6 Å². The van der Waals surface area contributed by atoms with Gasteiger partial charge in [-0.2, -0.15) is 0 Å². The van der Waals surface area contributed by atoms with Gasteiger partial charge in [0.15, 0.2) is 0 Å². The smallest absolute Gasteiger partial charge is 1.00 e. The molecule has 0 saturated heterocycles. The Hall–Kier alpha value is 2.70. The fourth-order valence-electron chi connectivity index (χ4n) is 2.42. The molecule has 0 fully saturated rings. The first-order valence-electron chi connectivity index (χ1n) is 11.7. The van der Waals surface area contributed by atoms with E-state index in [-0.39, 0.29) is 134 Å². The molecule has 0 amide bonds. The quantitative estimate of drug-likeness (QED) is 0.0606. The molecule has 3 rings (SSSR count). The van der Waals surface area contributed by atoms with Gasteiger partial charge in [-0.3, -0.25) is 4.79 Å². The van der Waals surface area contributed by atoms with Crippen molar-refractivity contribution >= 4 is 106 Å². The van der Waals surface area contributed by atoms with Gasteiger partial charge in [-0.1, -0.05) is 31.9 Å². The summed E-state index contributed by atoms with van der Waals surface area (Å²) in [7, 11) is 0. The molecule has 0 radical (unpaired) electrons. The van der Waals surface area contributed by atoms with Gasteiger partial charge < -0.3 is 26.2 Å². The minimum atomic E-state index is -0.322. The monoisotopic (exact) mass is 1120 g/mol. The van der Waals surface area contributed by atoms with Crippen molar-refractivity contribution < 1.29 is 147 Å². The Bertz CT molecular complexity index is 1110. The van der Waals surface area contributed by atoms with E-state index in [2.05, 4.69) is 36.7 Å². The Morgan fingerprint density at radius 2 is 1.07 bits per heavy atom. The average molecular weight is 1120 g/mol. The number of benzene rings is 3. The molecule has 0 bridgehead atoms. The van der Waals surface area contributed by atoms with Crippen LogP contribution >= 0.6 is 99.6 Å². The average Bonchev–Trinajstić information content (AvgIpc) is 2.94. The summed E-state index contributed by atoms with van der Waals surface area (Å²) in [4.78, 5) is 11.2. The summed E-state index contributed by atoms with van der Waals surface area (Å²) in [5.74, 6) is 0.652. The number of halogens is 8. The van der Waals surface area contributed by atoms with Crippen molar-refractivity contribution in [2.24, 2.45) is 0 Å². The number of hydrogen-bond donors (Lipinski definition) is 1. The van der Waals surface area contributed by atoms with Crippen LogP contribution in [0.25, 0.3) is 0 Å². The van der Waals surface area contributed by atoms with E-state index in [9.17, 15) is 13.2 Å². The molecule has 6 nitrogen and oxygen atoms in total. The van der Waals surface area contributed by atoms with Crippen molar-refractivity contribution in [1.29, 1.82) is 0 Å². The molecule has 0 atom stereocenters. The third-order valence-corrected chi connectivity index (χ3v) is 7.98. The molecule has 0 aliphatic rings. The van der Waals surface area contributed by atoms with E-state index in [1.807, 2.05) is 67.8 Å². The molecule has 3 aromatic carbocycles. The van der Waals surface area contributed by atoms with Crippen LogP contribution in [-0.2, 0) is 9.68 Å². The van der Waals surface area contributed by atoms with Crippen LogP contribution in [0.4, 0.5) is 13.2 Å². The molecule has 3 aromatic rings. The Balaban J connectivity index is -0.000000302. The summed E-state index contributed by atoms with van der Waals surface area (Å²) in [5.41, 5.74) is 0. The van der Waals surface area contributed by atoms with Crippen LogP contribution in [0, 0.1) is 28.2 Å². The Kier molecular flexibility index (Phi) is 38.7. The third kappa shape index (κ3) is 27.2. The summed E-state index contributed by atoms with van der Waals surface area (Å²) < 4.78 is 51.4. The molecular weight excluding hydrogens is 1100 g/mol. The molecule has 0 aliphatic heterocycles. The van der Waals surface area contributed by atoms with E-state index in [4.69, 9.17) is 24.6 Å². The second-order valence-electron chi connectivity index (χ2n) is 7.43. The maximum atomic E-state index is 13.0. The molecule has 230 valence electrons. The van der Waals surface area contributed by atoms with Crippen LogP contribution in [0.15, 0.2) is 54.6 Å². The van der Waals surface area contributed by atoms with Gasteiger partial charge in [0.1, 0.15) is 34.7 Å². The van der Waals surface area contributed by atoms with Gasteiger partial charge in [0, 0.05) is 10.7 Å². The molecule has 0 heterocycles. The van der Waals surface area contributed by atoms with Crippen molar-refractivity contribution in [3.63, 3.8) is 0 Å². The summed E-state index contributed by atoms with van der Waals surface area (Å²) in [6.45, 7) is 0.914. The predicted molar refractivity (Wildman–Crippen MR) is 184 cm³/mol. The minimum absolute atomic E-state index is 0. The molecule has 43 heavy (non-hydrogen) atoms. The van der Waals surface area contributed by atoms with Crippen LogP contribution in [0.5, 0.6) is 17.2 Å². The van der Waals surface area contributed by atoms with E-state index in [1.165, 1.54) is 55.3 Å². The largest absolute Gasteiger partial charge is 1.00 e. The van der Waals surface area contributed by atoms with Crippen LogP contribution in [0.1, 0.15) is 27.1 Å². The van der Waals surface area contributed by atoms with E-state index >= 15 is 0 Å². The number of rotatable bonds is 11. The fourth-order valence-corrected chi connectivity index (χ4v) is 4.96. The van der Waals surface area contributed by atoms with Gasteiger partial charge in [-0.05, 0) is 148 Å². The predicted octanol–water partition coefficient (Wildman–Crippen LogP) is 2.66. The van der Waals surface area contributed by atoms with Crippen molar-refractivity contribution in [1.82, 2.24) is 0 Å². The van der Waals surface area contributed by atoms with Crippen molar-refractivity contribution in [3.8, 4) is 17.2 Å².